The number of hydrogen-bond acceptors (Lipinski definition) is 5. The normalized spacial score (nSPS) is 16.0. The number of hydrogen-bond donors (Lipinski definition) is 1. The smallest absolute Gasteiger partial charge is 0.410 e. The molecule has 0 aliphatic carbocycles. The number of rotatable bonds is 8. The zero-order chi connectivity index (χ0) is 27.8. The molecular weight excluding hydrogens is 492 g/mol. The summed E-state index contributed by atoms with van der Waals surface area (Å²) in [5.41, 5.74) is 1.89. The number of carbonyl (C=O) groups excluding carboxylic acids is 3. The Hall–Kier alpha value is -4.13. The molecule has 0 saturated carbocycles. The van der Waals surface area contributed by atoms with Crippen molar-refractivity contribution in [2.24, 2.45) is 0 Å². The highest BCUT2D eigenvalue weighted by molar-refractivity contribution is 5.91. The van der Waals surface area contributed by atoms with Gasteiger partial charge in [0, 0.05) is 12.5 Å². The largest absolute Gasteiger partial charge is 0.459 e. The van der Waals surface area contributed by atoms with Crippen LogP contribution in [-0.4, -0.2) is 47.1 Å². The molecule has 0 bridgehead atoms. The van der Waals surface area contributed by atoms with Crippen LogP contribution in [0.5, 0.6) is 0 Å². The Morgan fingerprint density at radius 3 is 1.95 bits per heavy atom. The van der Waals surface area contributed by atoms with Crippen molar-refractivity contribution in [3.05, 3.63) is 108 Å². The summed E-state index contributed by atoms with van der Waals surface area (Å²) >= 11 is 0. The molecule has 4 rings (SSSR count). The highest BCUT2D eigenvalue weighted by atomic mass is 16.6. The van der Waals surface area contributed by atoms with E-state index in [0.29, 0.717) is 19.4 Å². The van der Waals surface area contributed by atoms with E-state index >= 15 is 0 Å². The molecule has 0 radical (unpaired) electrons. The fourth-order valence-electron chi connectivity index (χ4n) is 4.82. The van der Waals surface area contributed by atoms with E-state index in [-0.39, 0.29) is 6.61 Å². The van der Waals surface area contributed by atoms with E-state index in [4.69, 9.17) is 9.47 Å². The first-order chi connectivity index (χ1) is 18.7. The molecule has 7 heteroatoms. The summed E-state index contributed by atoms with van der Waals surface area (Å²) in [6, 6.07) is 26.8. The number of nitrogens with one attached hydrogen (secondary N) is 1. The number of ether oxygens (including phenoxy) is 2. The Balaban J connectivity index is 1.64. The third-order valence-electron chi connectivity index (χ3n) is 6.61. The minimum atomic E-state index is -1.02. The van der Waals surface area contributed by atoms with Crippen molar-refractivity contribution < 1.29 is 23.9 Å². The predicted molar refractivity (Wildman–Crippen MR) is 149 cm³/mol. The molecule has 39 heavy (non-hydrogen) atoms. The Morgan fingerprint density at radius 1 is 0.872 bits per heavy atom. The molecule has 3 aromatic rings. The van der Waals surface area contributed by atoms with E-state index in [1.54, 1.807) is 20.8 Å². The number of carbonyl (C=O) groups is 3. The molecule has 1 N–H and O–H groups in total. The SMILES string of the molecule is CC(C)(C)OC(=O)N1CCC[C@H]1C(=O)NC(C(=O)OCc1ccccc1)C(c1ccccc1)c1ccccc1. The predicted octanol–water partition coefficient (Wildman–Crippen LogP) is 5.45. The van der Waals surface area contributed by atoms with E-state index in [1.165, 1.54) is 4.90 Å². The highest BCUT2D eigenvalue weighted by Crippen LogP contribution is 2.30. The number of amides is 2. The lowest BCUT2D eigenvalue weighted by Crippen LogP contribution is -2.53. The minimum Gasteiger partial charge on any atom is -0.459 e. The molecular formula is C32H36N2O5. The fourth-order valence-corrected chi connectivity index (χ4v) is 4.82. The fraction of sp³-hybridized carbons (Fsp3) is 0.344. The zero-order valence-corrected chi connectivity index (χ0v) is 22.7. The van der Waals surface area contributed by atoms with Gasteiger partial charge in [0.25, 0.3) is 0 Å². The molecule has 1 saturated heterocycles. The summed E-state index contributed by atoms with van der Waals surface area (Å²) in [6.45, 7) is 5.87. The van der Waals surface area contributed by atoms with Gasteiger partial charge < -0.3 is 14.8 Å². The molecule has 1 aliphatic rings. The van der Waals surface area contributed by atoms with Gasteiger partial charge in [-0.2, -0.15) is 0 Å². The van der Waals surface area contributed by atoms with E-state index in [9.17, 15) is 14.4 Å². The molecule has 7 nitrogen and oxygen atoms in total. The molecule has 0 spiro atoms. The maximum absolute atomic E-state index is 13.7. The van der Waals surface area contributed by atoms with Crippen LogP contribution in [0.4, 0.5) is 4.79 Å². The topological polar surface area (TPSA) is 84.9 Å². The van der Waals surface area contributed by atoms with E-state index < -0.39 is 41.6 Å². The number of esters is 1. The van der Waals surface area contributed by atoms with Gasteiger partial charge in [-0.25, -0.2) is 9.59 Å². The van der Waals surface area contributed by atoms with Crippen LogP contribution in [0.2, 0.25) is 0 Å². The van der Waals surface area contributed by atoms with Gasteiger partial charge in [-0.15, -0.1) is 0 Å². The molecule has 1 unspecified atom stereocenters. The Kier molecular flexibility index (Phi) is 9.02. The van der Waals surface area contributed by atoms with Crippen molar-refractivity contribution in [2.45, 2.75) is 63.8 Å². The lowest BCUT2D eigenvalue weighted by molar-refractivity contribution is -0.150. The van der Waals surface area contributed by atoms with E-state index in [0.717, 1.165) is 16.7 Å². The van der Waals surface area contributed by atoms with Crippen molar-refractivity contribution in [3.63, 3.8) is 0 Å². The van der Waals surface area contributed by atoms with Crippen LogP contribution in [0, 0.1) is 0 Å². The molecule has 1 heterocycles. The third-order valence-corrected chi connectivity index (χ3v) is 6.61. The summed E-state index contributed by atoms with van der Waals surface area (Å²) in [5.74, 6) is -1.46. The van der Waals surface area contributed by atoms with Gasteiger partial charge in [0.05, 0.1) is 0 Å². The van der Waals surface area contributed by atoms with E-state index in [2.05, 4.69) is 5.32 Å². The third kappa shape index (κ3) is 7.47. The second-order valence-corrected chi connectivity index (χ2v) is 10.7. The van der Waals surface area contributed by atoms with Gasteiger partial charge in [0.1, 0.15) is 24.3 Å². The van der Waals surface area contributed by atoms with E-state index in [1.807, 2.05) is 91.0 Å². The van der Waals surface area contributed by atoms with Crippen LogP contribution in [0.15, 0.2) is 91.0 Å². The van der Waals surface area contributed by atoms with Crippen LogP contribution in [-0.2, 0) is 25.7 Å². The molecule has 204 valence electrons. The summed E-state index contributed by atoms with van der Waals surface area (Å²) in [6.07, 6.45) is 0.616. The molecule has 1 aliphatic heterocycles. The van der Waals surface area contributed by atoms with Crippen LogP contribution in [0.1, 0.15) is 56.2 Å². The van der Waals surface area contributed by atoms with Gasteiger partial charge in [0.15, 0.2) is 0 Å². The van der Waals surface area contributed by atoms with Gasteiger partial charge >= 0.3 is 12.1 Å². The first-order valence-corrected chi connectivity index (χ1v) is 13.3. The van der Waals surface area contributed by atoms with Crippen molar-refractivity contribution in [1.82, 2.24) is 10.2 Å². The average Bonchev–Trinajstić information content (AvgIpc) is 3.43. The first kappa shape index (κ1) is 27.9. The molecule has 2 atom stereocenters. The summed E-state index contributed by atoms with van der Waals surface area (Å²) in [5, 5.41) is 2.98. The van der Waals surface area contributed by atoms with Gasteiger partial charge in [-0.3, -0.25) is 9.69 Å². The second kappa shape index (κ2) is 12.6. The van der Waals surface area contributed by atoms with Crippen molar-refractivity contribution in [2.75, 3.05) is 6.54 Å². The van der Waals surface area contributed by atoms with Gasteiger partial charge in [-0.05, 0) is 50.3 Å². The molecule has 2 amide bonds. The maximum atomic E-state index is 13.7. The molecule has 3 aromatic carbocycles. The maximum Gasteiger partial charge on any atom is 0.410 e. The monoisotopic (exact) mass is 528 g/mol. The quantitative estimate of drug-likeness (QED) is 0.393. The lowest BCUT2D eigenvalue weighted by Gasteiger charge is -2.31. The van der Waals surface area contributed by atoms with Crippen LogP contribution < -0.4 is 5.32 Å². The van der Waals surface area contributed by atoms with Crippen LogP contribution in [0.25, 0.3) is 0 Å². The van der Waals surface area contributed by atoms with Gasteiger partial charge in [-0.1, -0.05) is 91.0 Å². The van der Waals surface area contributed by atoms with Crippen molar-refractivity contribution >= 4 is 18.0 Å². The minimum absolute atomic E-state index is 0.0792. The second-order valence-electron chi connectivity index (χ2n) is 10.7. The molecule has 0 aromatic heterocycles. The number of benzene rings is 3. The highest BCUT2D eigenvalue weighted by Gasteiger charge is 2.40. The Morgan fingerprint density at radius 2 is 1.41 bits per heavy atom. The van der Waals surface area contributed by atoms with Crippen molar-refractivity contribution in [1.29, 1.82) is 0 Å². The average molecular weight is 529 g/mol. The van der Waals surface area contributed by atoms with Gasteiger partial charge in [0.2, 0.25) is 5.91 Å². The molecule has 1 fully saturated rings. The Bertz CT molecular complexity index is 1200. The first-order valence-electron chi connectivity index (χ1n) is 13.3. The van der Waals surface area contributed by atoms with Crippen LogP contribution >= 0.6 is 0 Å². The van der Waals surface area contributed by atoms with Crippen LogP contribution in [0.3, 0.4) is 0 Å². The Labute approximate surface area is 230 Å². The zero-order valence-electron chi connectivity index (χ0n) is 22.7. The lowest BCUT2D eigenvalue weighted by atomic mass is 9.84. The van der Waals surface area contributed by atoms with Crippen molar-refractivity contribution in [3.8, 4) is 0 Å². The summed E-state index contributed by atoms with van der Waals surface area (Å²) in [7, 11) is 0. The standard InChI is InChI=1S/C32H36N2O5/c1-32(2,3)39-31(37)34-21-13-20-26(34)29(35)33-28(30(36)38-22-23-14-7-4-8-15-23)27(24-16-9-5-10-17-24)25-18-11-6-12-19-25/h4-12,14-19,26-28H,13,20-22H2,1-3H3,(H,33,35)/t26-,28?/m0/s1. The number of likely N-dealkylation sites (tertiary alicyclic amines) is 1. The summed E-state index contributed by atoms with van der Waals surface area (Å²) < 4.78 is 11.3. The number of nitrogens with zero attached hydrogens (tertiary/aromatic N) is 1. The summed E-state index contributed by atoms with van der Waals surface area (Å²) in [4.78, 5) is 41.7.